The van der Waals surface area contributed by atoms with E-state index in [4.69, 9.17) is 18.9 Å². The van der Waals surface area contributed by atoms with Gasteiger partial charge in [-0.15, -0.1) is 0 Å². The molecular formula is C16H20O4. The van der Waals surface area contributed by atoms with Gasteiger partial charge in [-0.2, -0.15) is 0 Å². The Hall–Kier alpha value is -0.940. The molecule has 4 heteroatoms. The summed E-state index contributed by atoms with van der Waals surface area (Å²) in [7, 11) is 0. The van der Waals surface area contributed by atoms with Gasteiger partial charge in [-0.05, 0) is 11.1 Å². The molecule has 0 aliphatic carbocycles. The number of epoxide rings is 2. The third-order valence-electron chi connectivity index (χ3n) is 4.14. The summed E-state index contributed by atoms with van der Waals surface area (Å²) in [5, 5.41) is 0. The fraction of sp³-hybridized carbons (Fsp3) is 0.625. The lowest BCUT2D eigenvalue weighted by molar-refractivity contribution is -0.191. The average Bonchev–Trinajstić information content (AvgIpc) is 3.37. The number of ether oxygens (including phenoxy) is 4. The quantitative estimate of drug-likeness (QED) is 0.770. The van der Waals surface area contributed by atoms with Crippen LogP contribution in [0.1, 0.15) is 23.5 Å². The van der Waals surface area contributed by atoms with E-state index in [0.29, 0.717) is 18.1 Å². The highest BCUT2D eigenvalue weighted by atomic mass is 16.7. The Bertz CT molecular complexity index is 442. The molecule has 0 radical (unpaired) electrons. The third-order valence-corrected chi connectivity index (χ3v) is 4.14. The van der Waals surface area contributed by atoms with Crippen LogP contribution in [0.3, 0.4) is 0 Å². The van der Waals surface area contributed by atoms with Gasteiger partial charge in [0.1, 0.15) is 0 Å². The second kappa shape index (κ2) is 5.45. The van der Waals surface area contributed by atoms with Gasteiger partial charge in [-0.25, -0.2) is 0 Å². The van der Waals surface area contributed by atoms with Crippen molar-refractivity contribution in [2.45, 2.75) is 37.3 Å². The molecule has 108 valence electrons. The Balaban J connectivity index is 1.30. The molecule has 2 unspecified atom stereocenters. The molecule has 3 aliphatic rings. The van der Waals surface area contributed by atoms with Gasteiger partial charge in [0.25, 0.3) is 0 Å². The van der Waals surface area contributed by atoms with Gasteiger partial charge in [0, 0.05) is 18.8 Å². The Labute approximate surface area is 119 Å². The lowest BCUT2D eigenvalue weighted by Crippen LogP contribution is -2.31. The molecule has 0 N–H and O–H groups in total. The zero-order valence-electron chi connectivity index (χ0n) is 11.5. The van der Waals surface area contributed by atoms with E-state index in [9.17, 15) is 0 Å². The normalized spacial score (nSPS) is 35.8. The van der Waals surface area contributed by atoms with Crippen LogP contribution >= 0.6 is 0 Å². The molecule has 4 rings (SSSR count). The largest absolute Gasteiger partial charge is 0.373 e. The minimum Gasteiger partial charge on any atom is -0.373 e. The summed E-state index contributed by atoms with van der Waals surface area (Å²) in [5.74, 6) is 0.345. The van der Waals surface area contributed by atoms with Gasteiger partial charge >= 0.3 is 0 Å². The second-order valence-electron chi connectivity index (χ2n) is 5.89. The highest BCUT2D eigenvalue weighted by molar-refractivity contribution is 5.26. The maximum absolute atomic E-state index is 5.78. The first kappa shape index (κ1) is 12.8. The summed E-state index contributed by atoms with van der Waals surface area (Å²) in [6.45, 7) is 3.25. The SMILES string of the molecule is c1cc(C2COC(CC3CO3)OC2)ccc1CC1CO1. The molecule has 0 saturated carbocycles. The van der Waals surface area contributed by atoms with Crippen molar-refractivity contribution in [1.29, 1.82) is 0 Å². The summed E-state index contributed by atoms with van der Waals surface area (Å²) in [6, 6.07) is 8.78. The van der Waals surface area contributed by atoms with Crippen LogP contribution in [0.25, 0.3) is 0 Å². The van der Waals surface area contributed by atoms with Crippen LogP contribution in [0.2, 0.25) is 0 Å². The smallest absolute Gasteiger partial charge is 0.160 e. The molecular weight excluding hydrogens is 256 g/mol. The predicted octanol–water partition coefficient (Wildman–Crippen LogP) is 1.87. The minimum absolute atomic E-state index is 0.0787. The Morgan fingerprint density at radius 3 is 2.05 bits per heavy atom. The molecule has 4 nitrogen and oxygen atoms in total. The molecule has 3 aliphatic heterocycles. The van der Waals surface area contributed by atoms with Crippen molar-refractivity contribution < 1.29 is 18.9 Å². The van der Waals surface area contributed by atoms with Gasteiger partial charge in [0.15, 0.2) is 6.29 Å². The first-order valence-electron chi connectivity index (χ1n) is 7.42. The maximum Gasteiger partial charge on any atom is 0.160 e. The highest BCUT2D eigenvalue weighted by Crippen LogP contribution is 2.27. The van der Waals surface area contributed by atoms with Crippen molar-refractivity contribution in [3.63, 3.8) is 0 Å². The first-order valence-corrected chi connectivity index (χ1v) is 7.42. The summed E-state index contributed by atoms with van der Waals surface area (Å²) >= 11 is 0. The summed E-state index contributed by atoms with van der Waals surface area (Å²) in [5.41, 5.74) is 2.64. The summed E-state index contributed by atoms with van der Waals surface area (Å²) in [6.07, 6.45) is 2.63. The topological polar surface area (TPSA) is 43.5 Å². The molecule has 20 heavy (non-hydrogen) atoms. The lowest BCUT2D eigenvalue weighted by atomic mass is 9.98. The van der Waals surface area contributed by atoms with Crippen LogP contribution in [-0.2, 0) is 25.4 Å². The molecule has 2 atom stereocenters. The van der Waals surface area contributed by atoms with E-state index in [2.05, 4.69) is 24.3 Å². The Kier molecular flexibility index (Phi) is 3.48. The zero-order valence-corrected chi connectivity index (χ0v) is 11.5. The van der Waals surface area contributed by atoms with Crippen LogP contribution in [0.4, 0.5) is 0 Å². The molecule has 3 heterocycles. The molecule has 3 saturated heterocycles. The van der Waals surface area contributed by atoms with E-state index in [-0.39, 0.29) is 6.29 Å². The van der Waals surface area contributed by atoms with Crippen LogP contribution in [0.15, 0.2) is 24.3 Å². The van der Waals surface area contributed by atoms with Gasteiger partial charge in [-0.3, -0.25) is 0 Å². The molecule has 0 amide bonds. The van der Waals surface area contributed by atoms with Crippen LogP contribution in [-0.4, -0.2) is 44.9 Å². The number of hydrogen-bond donors (Lipinski definition) is 0. The first-order chi connectivity index (χ1) is 9.87. The van der Waals surface area contributed by atoms with E-state index in [1.165, 1.54) is 11.1 Å². The second-order valence-corrected chi connectivity index (χ2v) is 5.89. The molecule has 1 aromatic rings. The van der Waals surface area contributed by atoms with Gasteiger partial charge < -0.3 is 18.9 Å². The fourth-order valence-electron chi connectivity index (χ4n) is 2.67. The maximum atomic E-state index is 5.78. The summed E-state index contributed by atoms with van der Waals surface area (Å²) < 4.78 is 22.0. The lowest BCUT2D eigenvalue weighted by Gasteiger charge is -2.29. The number of benzene rings is 1. The third kappa shape index (κ3) is 3.20. The van der Waals surface area contributed by atoms with E-state index in [1.807, 2.05) is 0 Å². The van der Waals surface area contributed by atoms with Crippen LogP contribution < -0.4 is 0 Å². The monoisotopic (exact) mass is 276 g/mol. The van der Waals surface area contributed by atoms with Crippen molar-refractivity contribution >= 4 is 0 Å². The van der Waals surface area contributed by atoms with E-state index < -0.39 is 0 Å². The van der Waals surface area contributed by atoms with Crippen LogP contribution in [0, 0.1) is 0 Å². The molecule has 3 fully saturated rings. The van der Waals surface area contributed by atoms with Crippen molar-refractivity contribution in [2.24, 2.45) is 0 Å². The Morgan fingerprint density at radius 2 is 1.45 bits per heavy atom. The molecule has 0 bridgehead atoms. The van der Waals surface area contributed by atoms with Crippen molar-refractivity contribution in [2.75, 3.05) is 26.4 Å². The highest BCUT2D eigenvalue weighted by Gasteiger charge is 2.31. The van der Waals surface area contributed by atoms with E-state index in [0.717, 1.165) is 39.3 Å². The zero-order chi connectivity index (χ0) is 13.4. The fourth-order valence-corrected chi connectivity index (χ4v) is 2.67. The Morgan fingerprint density at radius 1 is 0.800 bits per heavy atom. The van der Waals surface area contributed by atoms with E-state index >= 15 is 0 Å². The number of rotatable bonds is 5. The van der Waals surface area contributed by atoms with E-state index in [1.54, 1.807) is 0 Å². The van der Waals surface area contributed by atoms with Crippen molar-refractivity contribution in [3.8, 4) is 0 Å². The van der Waals surface area contributed by atoms with Gasteiger partial charge in [0.2, 0.25) is 0 Å². The molecule has 0 spiro atoms. The molecule has 1 aromatic carbocycles. The predicted molar refractivity (Wildman–Crippen MR) is 72.7 cm³/mol. The minimum atomic E-state index is -0.0787. The standard InChI is InChI=1S/C16H20O4/c1-3-12(4-2-11(1)5-14-9-17-14)13-7-19-16(20-8-13)6-15-10-18-15/h1-4,13-16H,5-10H2. The van der Waals surface area contributed by atoms with Gasteiger partial charge in [0.05, 0.1) is 38.6 Å². The van der Waals surface area contributed by atoms with Crippen molar-refractivity contribution in [3.05, 3.63) is 35.4 Å². The molecule has 0 aromatic heterocycles. The summed E-state index contributed by atoms with van der Waals surface area (Å²) in [4.78, 5) is 0. The van der Waals surface area contributed by atoms with Gasteiger partial charge in [-0.1, -0.05) is 24.3 Å². The number of hydrogen-bond acceptors (Lipinski definition) is 4. The van der Waals surface area contributed by atoms with Crippen LogP contribution in [0.5, 0.6) is 0 Å². The average molecular weight is 276 g/mol. The van der Waals surface area contributed by atoms with Crippen molar-refractivity contribution in [1.82, 2.24) is 0 Å².